The average Bonchev–Trinajstić information content (AvgIpc) is 2.98. The zero-order valence-electron chi connectivity index (χ0n) is 15.5. The summed E-state index contributed by atoms with van der Waals surface area (Å²) in [5.41, 5.74) is 3.48. The van der Waals surface area contributed by atoms with Gasteiger partial charge in [0.1, 0.15) is 5.75 Å². The summed E-state index contributed by atoms with van der Waals surface area (Å²) >= 11 is 0. The molecule has 1 saturated heterocycles. The first kappa shape index (κ1) is 19.6. The number of alkyl halides is 2. The van der Waals surface area contributed by atoms with E-state index in [1.165, 1.54) is 24.3 Å². The predicted octanol–water partition coefficient (Wildman–Crippen LogP) is 3.83. The van der Waals surface area contributed by atoms with E-state index in [1.807, 2.05) is 32.0 Å². The summed E-state index contributed by atoms with van der Waals surface area (Å²) in [7, 11) is 0. The summed E-state index contributed by atoms with van der Waals surface area (Å²) in [6, 6.07) is 10.6. The van der Waals surface area contributed by atoms with Crippen LogP contribution in [0.3, 0.4) is 0 Å². The van der Waals surface area contributed by atoms with Gasteiger partial charge in [-0.15, -0.1) is 0 Å². The van der Waals surface area contributed by atoms with E-state index in [9.17, 15) is 18.4 Å². The minimum absolute atomic E-state index is 0.00591. The SMILES string of the molecule is Cc1ccc(N2C[C@H](NC(=O)Nc3ccc(OC(F)F)cc3)CC2=O)cc1C. The van der Waals surface area contributed by atoms with Crippen LogP contribution in [0.5, 0.6) is 5.75 Å². The van der Waals surface area contributed by atoms with Crippen LogP contribution in [-0.2, 0) is 4.79 Å². The van der Waals surface area contributed by atoms with E-state index in [0.717, 1.165) is 16.8 Å². The number of rotatable bonds is 5. The second-order valence-corrected chi connectivity index (χ2v) is 6.68. The molecule has 3 rings (SSSR count). The van der Waals surface area contributed by atoms with Gasteiger partial charge in [0, 0.05) is 24.3 Å². The summed E-state index contributed by atoms with van der Waals surface area (Å²) < 4.78 is 28.6. The molecule has 3 amide bonds. The van der Waals surface area contributed by atoms with Crippen molar-refractivity contribution in [3.8, 4) is 5.75 Å². The Morgan fingerprint density at radius 3 is 2.50 bits per heavy atom. The number of benzene rings is 2. The highest BCUT2D eigenvalue weighted by Gasteiger charge is 2.31. The second-order valence-electron chi connectivity index (χ2n) is 6.68. The minimum Gasteiger partial charge on any atom is -0.435 e. The Balaban J connectivity index is 1.56. The summed E-state index contributed by atoms with van der Waals surface area (Å²) in [6.07, 6.45) is 0.210. The average molecular weight is 389 g/mol. The van der Waals surface area contributed by atoms with Crippen molar-refractivity contribution in [3.63, 3.8) is 0 Å². The molecule has 0 aliphatic carbocycles. The maximum Gasteiger partial charge on any atom is 0.387 e. The van der Waals surface area contributed by atoms with E-state index < -0.39 is 12.6 Å². The fourth-order valence-electron chi connectivity index (χ4n) is 3.02. The third-order valence-electron chi connectivity index (χ3n) is 4.60. The monoisotopic (exact) mass is 389 g/mol. The fraction of sp³-hybridized carbons (Fsp3) is 0.300. The van der Waals surface area contributed by atoms with Crippen LogP contribution < -0.4 is 20.3 Å². The van der Waals surface area contributed by atoms with Crippen molar-refractivity contribution >= 4 is 23.3 Å². The smallest absolute Gasteiger partial charge is 0.387 e. The fourth-order valence-corrected chi connectivity index (χ4v) is 3.02. The van der Waals surface area contributed by atoms with Gasteiger partial charge in [0.2, 0.25) is 5.91 Å². The second kappa shape index (κ2) is 8.24. The quantitative estimate of drug-likeness (QED) is 0.817. The number of nitrogens with zero attached hydrogens (tertiary/aromatic N) is 1. The Kier molecular flexibility index (Phi) is 5.77. The topological polar surface area (TPSA) is 70.7 Å². The summed E-state index contributed by atoms with van der Waals surface area (Å²) in [4.78, 5) is 26.2. The van der Waals surface area contributed by atoms with Gasteiger partial charge in [-0.25, -0.2) is 4.79 Å². The third-order valence-corrected chi connectivity index (χ3v) is 4.60. The van der Waals surface area contributed by atoms with Gasteiger partial charge in [-0.2, -0.15) is 8.78 Å². The number of carbonyl (C=O) groups excluding carboxylic acids is 2. The van der Waals surface area contributed by atoms with E-state index in [1.54, 1.807) is 4.90 Å². The molecule has 1 heterocycles. The maximum absolute atomic E-state index is 12.3. The molecule has 8 heteroatoms. The van der Waals surface area contributed by atoms with Crippen LogP contribution in [0.4, 0.5) is 25.0 Å². The summed E-state index contributed by atoms with van der Waals surface area (Å²) in [5.74, 6) is -0.0477. The van der Waals surface area contributed by atoms with E-state index in [4.69, 9.17) is 0 Å². The molecule has 0 unspecified atom stereocenters. The highest BCUT2D eigenvalue weighted by atomic mass is 19.3. The van der Waals surface area contributed by atoms with Crippen molar-refractivity contribution in [2.75, 3.05) is 16.8 Å². The number of hydrogen-bond acceptors (Lipinski definition) is 3. The first-order chi connectivity index (χ1) is 13.3. The highest BCUT2D eigenvalue weighted by Crippen LogP contribution is 2.24. The first-order valence-corrected chi connectivity index (χ1v) is 8.82. The molecule has 2 aromatic carbocycles. The number of urea groups is 1. The summed E-state index contributed by atoms with van der Waals surface area (Å²) in [6.45, 7) is 1.48. The Labute approximate surface area is 161 Å². The van der Waals surface area contributed by atoms with Crippen LogP contribution in [0.25, 0.3) is 0 Å². The molecule has 28 heavy (non-hydrogen) atoms. The lowest BCUT2D eigenvalue weighted by Crippen LogP contribution is -2.39. The van der Waals surface area contributed by atoms with Crippen molar-refractivity contribution in [3.05, 3.63) is 53.6 Å². The molecular formula is C20H21F2N3O3. The van der Waals surface area contributed by atoms with Crippen LogP contribution in [0.2, 0.25) is 0 Å². The van der Waals surface area contributed by atoms with Crippen LogP contribution in [0, 0.1) is 13.8 Å². The maximum atomic E-state index is 12.3. The number of aryl methyl sites for hydroxylation is 2. The molecule has 6 nitrogen and oxygen atoms in total. The molecule has 1 fully saturated rings. The van der Waals surface area contributed by atoms with Gasteiger partial charge in [-0.05, 0) is 61.4 Å². The van der Waals surface area contributed by atoms with Crippen molar-refractivity contribution in [2.45, 2.75) is 32.9 Å². The van der Waals surface area contributed by atoms with Crippen LogP contribution in [0.15, 0.2) is 42.5 Å². The first-order valence-electron chi connectivity index (χ1n) is 8.82. The van der Waals surface area contributed by atoms with E-state index >= 15 is 0 Å². The Morgan fingerprint density at radius 2 is 1.86 bits per heavy atom. The molecule has 0 saturated carbocycles. The van der Waals surface area contributed by atoms with Gasteiger partial charge >= 0.3 is 12.6 Å². The zero-order chi connectivity index (χ0) is 20.3. The van der Waals surface area contributed by atoms with E-state index in [0.29, 0.717) is 12.2 Å². The lowest BCUT2D eigenvalue weighted by molar-refractivity contribution is -0.117. The molecule has 0 spiro atoms. The number of halogens is 2. The number of carbonyl (C=O) groups is 2. The van der Waals surface area contributed by atoms with Crippen molar-refractivity contribution < 1.29 is 23.1 Å². The molecule has 1 atom stereocenters. The number of anilines is 2. The number of ether oxygens (including phenoxy) is 1. The van der Waals surface area contributed by atoms with Crippen LogP contribution in [0.1, 0.15) is 17.5 Å². The van der Waals surface area contributed by atoms with Gasteiger partial charge in [0.25, 0.3) is 0 Å². The lowest BCUT2D eigenvalue weighted by Gasteiger charge is -2.18. The number of amides is 3. The van der Waals surface area contributed by atoms with Crippen LogP contribution in [-0.4, -0.2) is 31.1 Å². The van der Waals surface area contributed by atoms with Crippen molar-refractivity contribution in [1.82, 2.24) is 5.32 Å². The number of nitrogens with one attached hydrogen (secondary N) is 2. The molecule has 1 aliphatic rings. The van der Waals surface area contributed by atoms with Gasteiger partial charge in [0.05, 0.1) is 6.04 Å². The number of hydrogen-bond donors (Lipinski definition) is 2. The molecule has 148 valence electrons. The van der Waals surface area contributed by atoms with Crippen molar-refractivity contribution in [2.24, 2.45) is 0 Å². The Bertz CT molecular complexity index is 871. The minimum atomic E-state index is -2.90. The van der Waals surface area contributed by atoms with Gasteiger partial charge in [-0.1, -0.05) is 6.07 Å². The van der Waals surface area contributed by atoms with Crippen LogP contribution >= 0.6 is 0 Å². The molecule has 2 N–H and O–H groups in total. The summed E-state index contributed by atoms with van der Waals surface area (Å²) in [5, 5.41) is 5.38. The zero-order valence-corrected chi connectivity index (χ0v) is 15.5. The molecule has 0 aromatic heterocycles. The van der Waals surface area contributed by atoms with E-state index in [2.05, 4.69) is 15.4 Å². The molecule has 1 aliphatic heterocycles. The predicted molar refractivity (Wildman–Crippen MR) is 102 cm³/mol. The largest absolute Gasteiger partial charge is 0.435 e. The normalized spacial score (nSPS) is 16.4. The highest BCUT2D eigenvalue weighted by molar-refractivity contribution is 5.97. The van der Waals surface area contributed by atoms with E-state index in [-0.39, 0.29) is 24.1 Å². The third kappa shape index (κ3) is 4.76. The molecule has 0 radical (unpaired) electrons. The lowest BCUT2D eigenvalue weighted by atomic mass is 10.1. The standard InChI is InChI=1S/C20H21F2N3O3/c1-12-3-6-16(9-13(12)2)25-11-15(10-18(25)26)24-20(27)23-14-4-7-17(8-5-14)28-19(21)22/h3-9,15,19H,10-11H2,1-2H3,(H2,23,24,27)/t15-/m1/s1. The molecular weight excluding hydrogens is 368 g/mol. The Morgan fingerprint density at radius 1 is 1.14 bits per heavy atom. The molecule has 2 aromatic rings. The Hall–Kier alpha value is -3.16. The van der Waals surface area contributed by atoms with Gasteiger partial charge in [-0.3, -0.25) is 4.79 Å². The molecule has 0 bridgehead atoms. The van der Waals surface area contributed by atoms with Crippen molar-refractivity contribution in [1.29, 1.82) is 0 Å². The van der Waals surface area contributed by atoms with Gasteiger partial charge in [0.15, 0.2) is 0 Å². The van der Waals surface area contributed by atoms with Gasteiger partial charge < -0.3 is 20.3 Å².